The molecule has 0 aromatic carbocycles. The number of nitrogens with zero attached hydrogens (tertiary/aromatic N) is 1. The number of hydrogen-bond acceptors (Lipinski definition) is 5. The molecule has 1 saturated heterocycles. The van der Waals surface area contributed by atoms with E-state index in [1.165, 1.54) is 6.92 Å². The number of anilines is 1. The zero-order valence-electron chi connectivity index (χ0n) is 12.7. The molecule has 5 nitrogen and oxygen atoms in total. The van der Waals surface area contributed by atoms with Crippen molar-refractivity contribution in [2.24, 2.45) is 0 Å². The van der Waals surface area contributed by atoms with Crippen LogP contribution in [0.5, 0.6) is 0 Å². The Labute approximate surface area is 120 Å². The first-order valence-corrected chi connectivity index (χ1v) is 6.71. The zero-order valence-corrected chi connectivity index (χ0v) is 12.7. The minimum atomic E-state index is -0.556. The van der Waals surface area contributed by atoms with Gasteiger partial charge in [0.25, 0.3) is 0 Å². The van der Waals surface area contributed by atoms with E-state index in [4.69, 9.17) is 15.0 Å². The Morgan fingerprint density at radius 1 is 1.25 bits per heavy atom. The fraction of sp³-hybridized carbons (Fsp3) is 0.571. The van der Waals surface area contributed by atoms with Crippen molar-refractivity contribution >= 4 is 24.1 Å². The molecule has 6 heteroatoms. The summed E-state index contributed by atoms with van der Waals surface area (Å²) in [4.78, 5) is 15.4. The van der Waals surface area contributed by atoms with Gasteiger partial charge >= 0.3 is 7.12 Å². The summed E-state index contributed by atoms with van der Waals surface area (Å²) in [5, 5.41) is 0. The van der Waals surface area contributed by atoms with E-state index < -0.39 is 18.3 Å². The average molecular weight is 276 g/mol. The number of pyridine rings is 1. The molecular weight excluding hydrogens is 255 g/mol. The lowest BCUT2D eigenvalue weighted by molar-refractivity contribution is -0.116. The number of ketones is 1. The number of aromatic nitrogens is 1. The van der Waals surface area contributed by atoms with E-state index >= 15 is 0 Å². The van der Waals surface area contributed by atoms with E-state index in [9.17, 15) is 4.79 Å². The summed E-state index contributed by atoms with van der Waals surface area (Å²) in [6.07, 6.45) is 3.53. The van der Waals surface area contributed by atoms with Crippen LogP contribution >= 0.6 is 0 Å². The first-order valence-electron chi connectivity index (χ1n) is 6.71. The van der Waals surface area contributed by atoms with Crippen LogP contribution in [-0.4, -0.2) is 29.1 Å². The van der Waals surface area contributed by atoms with Crippen LogP contribution in [0.2, 0.25) is 0 Å². The molecule has 1 fully saturated rings. The van der Waals surface area contributed by atoms with Gasteiger partial charge in [0, 0.05) is 35.5 Å². The van der Waals surface area contributed by atoms with Gasteiger partial charge < -0.3 is 15.0 Å². The molecule has 0 bridgehead atoms. The van der Waals surface area contributed by atoms with Crippen LogP contribution in [0.3, 0.4) is 0 Å². The van der Waals surface area contributed by atoms with Crippen LogP contribution < -0.4 is 11.2 Å². The second-order valence-corrected chi connectivity index (χ2v) is 6.27. The Bertz CT molecular complexity index is 527. The van der Waals surface area contributed by atoms with E-state index in [1.807, 2.05) is 27.7 Å². The number of nitrogen functional groups attached to an aromatic ring is 1. The number of rotatable bonds is 3. The van der Waals surface area contributed by atoms with Crippen molar-refractivity contribution in [2.45, 2.75) is 52.2 Å². The first kappa shape index (κ1) is 15.0. The van der Waals surface area contributed by atoms with Crippen molar-refractivity contribution in [1.29, 1.82) is 0 Å². The second-order valence-electron chi connectivity index (χ2n) is 6.27. The number of carbonyl (C=O) groups is 1. The average Bonchev–Trinajstić information content (AvgIpc) is 2.50. The van der Waals surface area contributed by atoms with Gasteiger partial charge in [-0.3, -0.25) is 9.78 Å². The fourth-order valence-corrected chi connectivity index (χ4v) is 2.10. The van der Waals surface area contributed by atoms with E-state index in [2.05, 4.69) is 4.98 Å². The minimum absolute atomic E-state index is 0.0459. The van der Waals surface area contributed by atoms with Gasteiger partial charge in [-0.2, -0.15) is 0 Å². The van der Waals surface area contributed by atoms with Gasteiger partial charge in [-0.1, -0.05) is 0 Å². The second kappa shape index (κ2) is 4.86. The standard InChI is InChI=1S/C14H21BN2O3/c1-9(18)6-10-7-17-8-11(12(10)16)15-19-13(2,3)14(4,5)20-15/h7-8H,6H2,1-5H3,(H2,16,17). The van der Waals surface area contributed by atoms with E-state index in [-0.39, 0.29) is 12.2 Å². The fourth-order valence-electron chi connectivity index (χ4n) is 2.10. The lowest BCUT2D eigenvalue weighted by Crippen LogP contribution is -2.41. The lowest BCUT2D eigenvalue weighted by atomic mass is 9.78. The van der Waals surface area contributed by atoms with Crippen molar-refractivity contribution < 1.29 is 14.1 Å². The van der Waals surface area contributed by atoms with Crippen LogP contribution in [0.1, 0.15) is 40.2 Å². The third-order valence-electron chi connectivity index (χ3n) is 4.05. The Morgan fingerprint density at radius 3 is 2.30 bits per heavy atom. The van der Waals surface area contributed by atoms with Crippen LogP contribution in [0, 0.1) is 0 Å². The van der Waals surface area contributed by atoms with Crippen LogP contribution in [-0.2, 0) is 20.5 Å². The Balaban J connectivity index is 2.34. The summed E-state index contributed by atoms with van der Waals surface area (Å²) < 4.78 is 11.9. The molecule has 0 amide bonds. The SMILES string of the molecule is CC(=O)Cc1cncc(B2OC(C)(C)C(C)(C)O2)c1N. The number of hydrogen-bond donors (Lipinski definition) is 1. The highest BCUT2D eigenvalue weighted by atomic mass is 16.7. The summed E-state index contributed by atoms with van der Waals surface area (Å²) in [7, 11) is -0.556. The Kier molecular flexibility index (Phi) is 3.65. The van der Waals surface area contributed by atoms with E-state index in [1.54, 1.807) is 12.4 Å². The van der Waals surface area contributed by atoms with Crippen LogP contribution in [0.4, 0.5) is 5.69 Å². The molecule has 0 spiro atoms. The monoisotopic (exact) mass is 276 g/mol. The Hall–Kier alpha value is -1.40. The molecule has 108 valence electrons. The Morgan fingerprint density at radius 2 is 1.80 bits per heavy atom. The molecule has 20 heavy (non-hydrogen) atoms. The summed E-state index contributed by atoms with van der Waals surface area (Å²) >= 11 is 0. The van der Waals surface area contributed by atoms with Gasteiger partial charge in [0.05, 0.1) is 11.2 Å². The predicted molar refractivity (Wildman–Crippen MR) is 78.8 cm³/mol. The molecule has 0 radical (unpaired) electrons. The normalized spacial score (nSPS) is 20.1. The number of nitrogens with two attached hydrogens (primary N) is 1. The molecule has 2 rings (SSSR count). The van der Waals surface area contributed by atoms with Gasteiger partial charge in [0.1, 0.15) is 5.78 Å². The molecule has 1 aliphatic rings. The summed E-state index contributed by atoms with van der Waals surface area (Å²) in [5.41, 5.74) is 7.19. The van der Waals surface area contributed by atoms with Crippen molar-refractivity contribution in [3.8, 4) is 0 Å². The molecule has 1 aromatic rings. The van der Waals surface area contributed by atoms with Gasteiger partial charge in [-0.15, -0.1) is 0 Å². The van der Waals surface area contributed by atoms with Crippen molar-refractivity contribution in [3.05, 3.63) is 18.0 Å². The molecule has 0 aliphatic carbocycles. The molecule has 0 saturated carbocycles. The van der Waals surface area contributed by atoms with Gasteiger partial charge in [0.2, 0.25) is 0 Å². The van der Waals surface area contributed by atoms with Gasteiger partial charge in [0.15, 0.2) is 0 Å². The quantitative estimate of drug-likeness (QED) is 0.836. The molecule has 0 atom stereocenters. The van der Waals surface area contributed by atoms with Crippen molar-refractivity contribution in [2.75, 3.05) is 5.73 Å². The molecular formula is C14H21BN2O3. The maximum absolute atomic E-state index is 11.3. The summed E-state index contributed by atoms with van der Waals surface area (Å²) in [5.74, 6) is 0.0459. The highest BCUT2D eigenvalue weighted by Gasteiger charge is 2.52. The molecule has 2 N–H and O–H groups in total. The molecule has 1 aliphatic heterocycles. The molecule has 1 aromatic heterocycles. The van der Waals surface area contributed by atoms with Gasteiger partial charge in [-0.25, -0.2) is 0 Å². The zero-order chi connectivity index (χ0) is 15.1. The summed E-state index contributed by atoms with van der Waals surface area (Å²) in [6, 6.07) is 0. The molecule has 2 heterocycles. The molecule has 0 unspecified atom stereocenters. The van der Waals surface area contributed by atoms with Crippen LogP contribution in [0.15, 0.2) is 12.4 Å². The van der Waals surface area contributed by atoms with Crippen molar-refractivity contribution in [1.82, 2.24) is 4.98 Å². The highest BCUT2D eigenvalue weighted by Crippen LogP contribution is 2.36. The maximum Gasteiger partial charge on any atom is 0.498 e. The van der Waals surface area contributed by atoms with Gasteiger partial charge in [-0.05, 0) is 34.6 Å². The number of carbonyl (C=O) groups excluding carboxylic acids is 1. The topological polar surface area (TPSA) is 74.4 Å². The van der Waals surface area contributed by atoms with E-state index in [0.29, 0.717) is 16.7 Å². The third-order valence-corrected chi connectivity index (χ3v) is 4.05. The third kappa shape index (κ3) is 2.58. The minimum Gasteiger partial charge on any atom is -0.399 e. The first-order chi connectivity index (χ1) is 9.14. The largest absolute Gasteiger partial charge is 0.498 e. The smallest absolute Gasteiger partial charge is 0.399 e. The maximum atomic E-state index is 11.3. The van der Waals surface area contributed by atoms with Crippen LogP contribution in [0.25, 0.3) is 0 Å². The summed E-state index contributed by atoms with van der Waals surface area (Å²) in [6.45, 7) is 9.46. The highest BCUT2D eigenvalue weighted by molar-refractivity contribution is 6.63. The predicted octanol–water partition coefficient (Wildman–Crippen LogP) is 1.09. The number of Topliss-reactive ketones (excluding diaryl/α,β-unsaturated/α-hetero) is 1. The lowest BCUT2D eigenvalue weighted by Gasteiger charge is -2.32. The van der Waals surface area contributed by atoms with E-state index in [0.717, 1.165) is 0 Å². The van der Waals surface area contributed by atoms with Crippen molar-refractivity contribution in [3.63, 3.8) is 0 Å².